The first kappa shape index (κ1) is 73.8. The molecule has 0 radical (unpaired) electrons. The van der Waals surface area contributed by atoms with Crippen LogP contribution in [0.4, 0.5) is 0 Å². The Morgan fingerprint density at radius 3 is 0.833 bits per heavy atom. The third kappa shape index (κ3) is 62.7. The molecule has 0 aromatic carbocycles. The molecule has 0 heterocycles. The lowest BCUT2D eigenvalue weighted by molar-refractivity contribution is -0.167. The first-order chi connectivity index (χ1) is 38.5. The van der Waals surface area contributed by atoms with Crippen molar-refractivity contribution in [2.24, 2.45) is 0 Å². The van der Waals surface area contributed by atoms with Crippen LogP contribution in [0.25, 0.3) is 0 Å². The van der Waals surface area contributed by atoms with Gasteiger partial charge in [0.15, 0.2) is 6.10 Å². The summed E-state index contributed by atoms with van der Waals surface area (Å²) in [5.74, 6) is -0.937. The molecule has 0 saturated heterocycles. The Labute approximate surface area is 482 Å². The van der Waals surface area contributed by atoms with Gasteiger partial charge in [-0.25, -0.2) is 0 Å². The Balaban J connectivity index is 4.47. The number of hydrogen-bond acceptors (Lipinski definition) is 6. The third-order valence-electron chi connectivity index (χ3n) is 13.7. The maximum atomic E-state index is 12.9. The molecule has 6 nitrogen and oxygen atoms in total. The Morgan fingerprint density at radius 2 is 0.500 bits per heavy atom. The van der Waals surface area contributed by atoms with Gasteiger partial charge in [0.25, 0.3) is 0 Å². The van der Waals surface area contributed by atoms with Gasteiger partial charge in [-0.1, -0.05) is 264 Å². The zero-order chi connectivity index (χ0) is 56.4. The van der Waals surface area contributed by atoms with Gasteiger partial charge in [0.05, 0.1) is 0 Å². The Morgan fingerprint density at radius 1 is 0.269 bits per heavy atom. The molecule has 0 aliphatic carbocycles. The van der Waals surface area contributed by atoms with E-state index in [1.54, 1.807) is 0 Å². The molecule has 0 aliphatic rings. The number of unbranched alkanes of at least 4 members (excludes halogenated alkanes) is 27. The summed E-state index contributed by atoms with van der Waals surface area (Å²) in [6.45, 7) is 6.48. The fraction of sp³-hybridized carbons (Fsp3) is 0.681. The minimum Gasteiger partial charge on any atom is -0.462 e. The van der Waals surface area contributed by atoms with E-state index in [-0.39, 0.29) is 31.1 Å². The summed E-state index contributed by atoms with van der Waals surface area (Å²) in [6, 6.07) is 0. The molecule has 0 aromatic heterocycles. The molecule has 6 heteroatoms. The van der Waals surface area contributed by atoms with Crippen LogP contribution in [0.5, 0.6) is 0 Å². The summed E-state index contributed by atoms with van der Waals surface area (Å²) in [5, 5.41) is 0. The predicted molar refractivity (Wildman–Crippen MR) is 339 cm³/mol. The van der Waals surface area contributed by atoms with Gasteiger partial charge in [0.2, 0.25) is 0 Å². The van der Waals surface area contributed by atoms with Gasteiger partial charge in [0, 0.05) is 19.3 Å². The van der Waals surface area contributed by atoms with Gasteiger partial charge < -0.3 is 14.2 Å². The van der Waals surface area contributed by atoms with E-state index in [1.807, 2.05) is 0 Å². The van der Waals surface area contributed by atoms with Crippen LogP contribution >= 0.6 is 0 Å². The molecule has 0 N–H and O–H groups in total. The quantitative estimate of drug-likeness (QED) is 0.0261. The topological polar surface area (TPSA) is 78.9 Å². The standard InChI is InChI=1S/C72H120O6/c1-4-7-10-13-16-19-22-25-28-31-33-34-35-36-37-38-40-41-44-47-50-53-56-59-62-65-71(74)77-68-69(67-76-70(73)64-61-58-55-52-49-46-43-30-27-24-21-18-15-12-9-6-3)78-72(75)66-63-60-57-54-51-48-45-42-39-32-29-26-23-20-17-14-11-8-5-2/h7,10,16-17,19-20,25-26,28-30,33-34,36-37,40-41,43,47,50,69H,4-6,8-9,11-15,18,21-24,27,31-32,35,38-39,42,44-46,48-49,51-68H2,1-3H3/b10-7-,19-16-,20-17-,28-25-,29-26-,34-33-,37-36-,41-40-,43-30-,50-47-. The van der Waals surface area contributed by atoms with Crippen molar-refractivity contribution in [2.45, 2.75) is 303 Å². The minimum absolute atomic E-state index is 0.0965. The highest BCUT2D eigenvalue weighted by molar-refractivity contribution is 5.71. The molecule has 0 aliphatic heterocycles. The molecular formula is C72H120O6. The van der Waals surface area contributed by atoms with Crippen molar-refractivity contribution >= 4 is 17.9 Å². The van der Waals surface area contributed by atoms with Crippen LogP contribution in [0.1, 0.15) is 297 Å². The lowest BCUT2D eigenvalue weighted by atomic mass is 10.1. The van der Waals surface area contributed by atoms with Crippen LogP contribution in [0.2, 0.25) is 0 Å². The summed E-state index contributed by atoms with van der Waals surface area (Å²) in [5.41, 5.74) is 0. The number of carbonyl (C=O) groups is 3. The van der Waals surface area contributed by atoms with E-state index in [2.05, 4.69) is 142 Å². The molecule has 0 aromatic rings. The highest BCUT2D eigenvalue weighted by Crippen LogP contribution is 2.15. The smallest absolute Gasteiger partial charge is 0.306 e. The number of carbonyl (C=O) groups excluding carboxylic acids is 3. The zero-order valence-corrected chi connectivity index (χ0v) is 50.9. The number of ether oxygens (including phenoxy) is 3. The van der Waals surface area contributed by atoms with E-state index in [4.69, 9.17) is 14.2 Å². The lowest BCUT2D eigenvalue weighted by Crippen LogP contribution is -2.30. The molecule has 78 heavy (non-hydrogen) atoms. The van der Waals surface area contributed by atoms with Crippen molar-refractivity contribution in [3.05, 3.63) is 122 Å². The molecule has 1 unspecified atom stereocenters. The highest BCUT2D eigenvalue weighted by Gasteiger charge is 2.19. The van der Waals surface area contributed by atoms with Crippen molar-refractivity contribution in [1.29, 1.82) is 0 Å². The van der Waals surface area contributed by atoms with Crippen molar-refractivity contribution in [3.8, 4) is 0 Å². The Hall–Kier alpha value is -4.19. The van der Waals surface area contributed by atoms with Gasteiger partial charge in [0.1, 0.15) is 13.2 Å². The summed E-state index contributed by atoms with van der Waals surface area (Å²) < 4.78 is 16.9. The first-order valence-electron chi connectivity index (χ1n) is 32.5. The second kappa shape index (κ2) is 65.3. The largest absolute Gasteiger partial charge is 0.462 e. The SMILES string of the molecule is CC/C=C\C/C=C\C/C=C\C/C=C\C/C=C\C/C=C\C/C=C\CCCCCC(=O)OCC(COC(=O)CCCCCCC/C=C\CCCCCCCCC)OC(=O)CCCCCCCCCCC/C=C\C/C=C\CCCCC. The van der Waals surface area contributed by atoms with Crippen LogP contribution in [0, 0.1) is 0 Å². The minimum atomic E-state index is -0.803. The molecule has 444 valence electrons. The maximum Gasteiger partial charge on any atom is 0.306 e. The van der Waals surface area contributed by atoms with Crippen molar-refractivity contribution in [3.63, 3.8) is 0 Å². The molecule has 1 atom stereocenters. The predicted octanol–water partition coefficient (Wildman–Crippen LogP) is 22.4. The summed E-state index contributed by atoms with van der Waals surface area (Å²) in [7, 11) is 0. The fourth-order valence-electron chi connectivity index (χ4n) is 8.80. The van der Waals surface area contributed by atoms with Crippen molar-refractivity contribution in [1.82, 2.24) is 0 Å². The van der Waals surface area contributed by atoms with Gasteiger partial charge in [-0.15, -0.1) is 0 Å². The Bertz CT molecular complexity index is 1620. The highest BCUT2D eigenvalue weighted by atomic mass is 16.6. The van der Waals surface area contributed by atoms with Gasteiger partial charge in [-0.05, 0) is 135 Å². The van der Waals surface area contributed by atoms with Gasteiger partial charge in [-0.3, -0.25) is 14.4 Å². The molecule has 0 rings (SSSR count). The molecule has 0 amide bonds. The van der Waals surface area contributed by atoms with Crippen molar-refractivity contribution in [2.75, 3.05) is 13.2 Å². The van der Waals surface area contributed by atoms with Crippen LogP contribution in [0.15, 0.2) is 122 Å². The molecule has 0 bridgehead atoms. The number of hydrogen-bond donors (Lipinski definition) is 0. The number of rotatable bonds is 58. The van der Waals surface area contributed by atoms with Crippen LogP contribution in [-0.4, -0.2) is 37.2 Å². The first-order valence-corrected chi connectivity index (χ1v) is 32.5. The van der Waals surface area contributed by atoms with E-state index in [0.29, 0.717) is 19.3 Å². The van der Waals surface area contributed by atoms with E-state index in [9.17, 15) is 14.4 Å². The van der Waals surface area contributed by atoms with Gasteiger partial charge >= 0.3 is 17.9 Å². The average Bonchev–Trinajstić information content (AvgIpc) is 3.44. The number of allylic oxidation sites excluding steroid dienone is 20. The van der Waals surface area contributed by atoms with Crippen LogP contribution < -0.4 is 0 Å². The summed E-state index contributed by atoms with van der Waals surface area (Å²) >= 11 is 0. The number of esters is 3. The van der Waals surface area contributed by atoms with E-state index in [0.717, 1.165) is 122 Å². The van der Waals surface area contributed by atoms with E-state index in [1.165, 1.54) is 135 Å². The molecule has 0 fully saturated rings. The summed E-state index contributed by atoms with van der Waals surface area (Å²) in [4.78, 5) is 38.4. The average molecular weight is 1080 g/mol. The Kier molecular flexibility index (Phi) is 61.8. The van der Waals surface area contributed by atoms with Gasteiger partial charge in [-0.2, -0.15) is 0 Å². The third-order valence-corrected chi connectivity index (χ3v) is 13.7. The maximum absolute atomic E-state index is 12.9. The van der Waals surface area contributed by atoms with E-state index < -0.39 is 6.10 Å². The second-order valence-electron chi connectivity index (χ2n) is 21.3. The normalized spacial score (nSPS) is 12.9. The second-order valence-corrected chi connectivity index (χ2v) is 21.3. The summed E-state index contributed by atoms with van der Waals surface area (Å²) in [6.07, 6.45) is 90.5. The van der Waals surface area contributed by atoms with E-state index >= 15 is 0 Å². The lowest BCUT2D eigenvalue weighted by Gasteiger charge is -2.18. The molecule has 0 spiro atoms. The zero-order valence-electron chi connectivity index (χ0n) is 50.9. The van der Waals surface area contributed by atoms with Crippen molar-refractivity contribution < 1.29 is 28.6 Å². The van der Waals surface area contributed by atoms with Crippen LogP contribution in [-0.2, 0) is 28.6 Å². The molecule has 0 saturated carbocycles. The van der Waals surface area contributed by atoms with Crippen LogP contribution in [0.3, 0.4) is 0 Å². The molecular weight excluding hydrogens is 961 g/mol. The monoisotopic (exact) mass is 1080 g/mol. The fourth-order valence-corrected chi connectivity index (χ4v) is 8.80.